The molecule has 0 aromatic carbocycles. The third kappa shape index (κ3) is 3.20. The summed E-state index contributed by atoms with van der Waals surface area (Å²) in [6.07, 6.45) is 1.02. The van der Waals surface area contributed by atoms with E-state index in [4.69, 9.17) is 10.6 Å². The van der Waals surface area contributed by atoms with Crippen LogP contribution in [-0.4, -0.2) is 21.6 Å². The van der Waals surface area contributed by atoms with E-state index in [1.54, 1.807) is 0 Å². The van der Waals surface area contributed by atoms with Crippen LogP contribution in [0.3, 0.4) is 0 Å². The number of hydrogen-bond acceptors (Lipinski definition) is 2. The number of allylic oxidation sites excluding steroid dienone is 1. The molecule has 0 aliphatic carbocycles. The highest BCUT2D eigenvalue weighted by molar-refractivity contribution is 6.01. The zero-order valence-corrected chi connectivity index (χ0v) is 4.79. The second kappa shape index (κ2) is 3.57. The van der Waals surface area contributed by atoms with E-state index >= 15 is 0 Å². The second-order valence-electron chi connectivity index (χ2n) is 1.38. The Kier molecular flexibility index (Phi) is 3.01. The monoisotopic (exact) mass is 127 g/mol. The van der Waals surface area contributed by atoms with Gasteiger partial charge in [0.25, 0.3) is 0 Å². The highest BCUT2D eigenvalue weighted by Crippen LogP contribution is 1.81. The van der Waals surface area contributed by atoms with Crippen LogP contribution in [0.1, 0.15) is 6.42 Å². The van der Waals surface area contributed by atoms with E-state index in [1.807, 2.05) is 0 Å². The largest absolute Gasteiger partial charge is 0.481 e. The summed E-state index contributed by atoms with van der Waals surface area (Å²) < 4.78 is 0. The molecule has 0 rings (SSSR count). The van der Waals surface area contributed by atoms with E-state index in [2.05, 4.69) is 11.4 Å². The summed E-state index contributed by atoms with van der Waals surface area (Å²) >= 11 is 0. The fraction of sp³-hybridized carbons (Fsp3) is 0.200. The van der Waals surface area contributed by atoms with E-state index < -0.39 is 5.97 Å². The summed E-state index contributed by atoms with van der Waals surface area (Å²) in [5, 5.41) is 8.13. The predicted molar refractivity (Wildman–Crippen MR) is 30.4 cm³/mol. The molecule has 2 N–H and O–H groups in total. The van der Waals surface area contributed by atoms with Crippen molar-refractivity contribution in [3.63, 3.8) is 0 Å². The van der Waals surface area contributed by atoms with Crippen LogP contribution in [0.15, 0.2) is 12.7 Å². The molecular formula is C5H7N2O2+. The van der Waals surface area contributed by atoms with Crippen molar-refractivity contribution < 1.29 is 14.7 Å². The number of hydrogen-bond donors (Lipinski definition) is 2. The summed E-state index contributed by atoms with van der Waals surface area (Å²) in [6.45, 7) is 3.27. The molecule has 0 saturated heterocycles. The standard InChI is InChI=1S/C5H6N2O2/c1-2-4(7-6)3-5(8)9/h2,6H,1,3H2/p+1. The molecule has 0 aromatic heterocycles. The summed E-state index contributed by atoms with van der Waals surface area (Å²) in [5.41, 5.74) is 6.58. The molecule has 0 unspecified atom stereocenters. The topological polar surface area (TPSA) is 75.2 Å². The predicted octanol–water partition coefficient (Wildman–Crippen LogP) is 0.327. The lowest BCUT2D eigenvalue weighted by Crippen LogP contribution is -2.04. The first-order chi connectivity index (χ1) is 4.20. The highest BCUT2D eigenvalue weighted by Gasteiger charge is 2.10. The number of carboxylic acids is 1. The van der Waals surface area contributed by atoms with Crippen molar-refractivity contribution in [1.82, 2.24) is 0 Å². The van der Waals surface area contributed by atoms with Crippen molar-refractivity contribution >= 4 is 11.7 Å². The Morgan fingerprint density at radius 1 is 1.89 bits per heavy atom. The molecule has 0 fully saturated rings. The molecular weight excluding hydrogens is 120 g/mol. The molecule has 0 aliphatic heterocycles. The van der Waals surface area contributed by atoms with E-state index in [9.17, 15) is 4.79 Å². The van der Waals surface area contributed by atoms with Crippen LogP contribution >= 0.6 is 0 Å². The van der Waals surface area contributed by atoms with Gasteiger partial charge in [0, 0.05) is 6.08 Å². The number of carboxylic acid groups (broad SMARTS) is 1. The van der Waals surface area contributed by atoms with Crippen LogP contribution in [0.5, 0.6) is 0 Å². The minimum absolute atomic E-state index is 0.169. The van der Waals surface area contributed by atoms with Crippen molar-refractivity contribution in [1.29, 1.82) is 5.53 Å². The highest BCUT2D eigenvalue weighted by atomic mass is 16.4. The van der Waals surface area contributed by atoms with Crippen LogP contribution in [0.2, 0.25) is 0 Å². The number of aliphatic carboxylic acids is 1. The van der Waals surface area contributed by atoms with Gasteiger partial charge in [0.05, 0.1) is 10.3 Å². The molecule has 9 heavy (non-hydrogen) atoms. The maximum atomic E-state index is 9.92. The number of nitrogens with one attached hydrogen (secondary N) is 1. The molecule has 0 radical (unpaired) electrons. The molecule has 0 saturated carbocycles. The van der Waals surface area contributed by atoms with Crippen LogP contribution in [0.4, 0.5) is 0 Å². The Labute approximate surface area is 52.0 Å². The lowest BCUT2D eigenvalue weighted by atomic mass is 10.3. The minimum Gasteiger partial charge on any atom is -0.481 e. The summed E-state index contributed by atoms with van der Waals surface area (Å²) in [5.74, 6) is -0.999. The first-order valence-corrected chi connectivity index (χ1v) is 2.28. The molecule has 0 aromatic rings. The minimum atomic E-state index is -0.999. The zero-order valence-electron chi connectivity index (χ0n) is 4.79. The van der Waals surface area contributed by atoms with Gasteiger partial charge in [0.15, 0.2) is 6.42 Å². The van der Waals surface area contributed by atoms with E-state index in [0.29, 0.717) is 0 Å². The van der Waals surface area contributed by atoms with Crippen molar-refractivity contribution in [2.75, 3.05) is 0 Å². The molecule has 0 amide bonds. The van der Waals surface area contributed by atoms with Crippen LogP contribution in [0.25, 0.3) is 0 Å². The van der Waals surface area contributed by atoms with Gasteiger partial charge >= 0.3 is 11.7 Å². The van der Waals surface area contributed by atoms with E-state index in [0.717, 1.165) is 0 Å². The van der Waals surface area contributed by atoms with E-state index in [-0.39, 0.29) is 12.1 Å². The van der Waals surface area contributed by atoms with Crippen molar-refractivity contribution in [3.05, 3.63) is 12.7 Å². The molecule has 48 valence electrons. The molecule has 4 nitrogen and oxygen atoms in total. The third-order valence-electron chi connectivity index (χ3n) is 0.712. The Morgan fingerprint density at radius 3 is 2.56 bits per heavy atom. The van der Waals surface area contributed by atoms with Gasteiger partial charge in [0.2, 0.25) is 0 Å². The second-order valence-corrected chi connectivity index (χ2v) is 1.38. The molecule has 0 spiro atoms. The zero-order chi connectivity index (χ0) is 7.28. The van der Waals surface area contributed by atoms with Gasteiger partial charge < -0.3 is 5.11 Å². The van der Waals surface area contributed by atoms with Gasteiger partial charge in [-0.15, -0.1) is 0 Å². The number of nitrogens with zero attached hydrogens (tertiary/aromatic N) is 1. The molecule has 0 bridgehead atoms. The van der Waals surface area contributed by atoms with Crippen LogP contribution in [0, 0.1) is 5.53 Å². The normalized spacial score (nSPS) is 7.56. The number of carbonyl (C=O) groups is 1. The van der Waals surface area contributed by atoms with Gasteiger partial charge in [-0.25, -0.2) is 0 Å². The first-order valence-electron chi connectivity index (χ1n) is 2.28. The molecule has 0 atom stereocenters. The Balaban J connectivity index is 4.02. The van der Waals surface area contributed by atoms with Gasteiger partial charge in [0.1, 0.15) is 0 Å². The first kappa shape index (κ1) is 7.59. The lowest BCUT2D eigenvalue weighted by Gasteiger charge is -1.77. The molecule has 0 aliphatic rings. The quantitative estimate of drug-likeness (QED) is 0.325. The summed E-state index contributed by atoms with van der Waals surface area (Å²) in [4.78, 5) is 12.8. The Hall–Kier alpha value is -1.41. The Morgan fingerprint density at radius 2 is 2.44 bits per heavy atom. The fourth-order valence-corrected chi connectivity index (χ4v) is 0.312. The average Bonchev–Trinajstić information content (AvgIpc) is 1.82. The Bertz CT molecular complexity index is 179. The van der Waals surface area contributed by atoms with Gasteiger partial charge in [-0.2, -0.15) is 0 Å². The molecule has 0 heterocycles. The fourth-order valence-electron chi connectivity index (χ4n) is 0.312. The van der Waals surface area contributed by atoms with Crippen molar-refractivity contribution in [3.8, 4) is 0 Å². The summed E-state index contributed by atoms with van der Waals surface area (Å²) in [6, 6.07) is 0. The molecule has 4 heteroatoms. The van der Waals surface area contributed by atoms with Gasteiger partial charge in [-0.05, 0) is 0 Å². The maximum absolute atomic E-state index is 9.92. The van der Waals surface area contributed by atoms with Crippen molar-refractivity contribution in [2.24, 2.45) is 0 Å². The van der Waals surface area contributed by atoms with Crippen LogP contribution in [-0.2, 0) is 4.79 Å². The summed E-state index contributed by atoms with van der Waals surface area (Å²) in [7, 11) is 0. The van der Waals surface area contributed by atoms with E-state index in [1.165, 1.54) is 6.08 Å². The van der Waals surface area contributed by atoms with Crippen LogP contribution < -0.4 is 0 Å². The number of rotatable bonds is 3. The van der Waals surface area contributed by atoms with Crippen molar-refractivity contribution in [2.45, 2.75) is 6.42 Å². The SMILES string of the molecule is C=CC(CC(=O)O)=[N+]=N. The average molecular weight is 127 g/mol. The maximum Gasteiger partial charge on any atom is 0.351 e. The third-order valence-corrected chi connectivity index (χ3v) is 0.712. The van der Waals surface area contributed by atoms with Gasteiger partial charge in [-0.3, -0.25) is 4.79 Å². The van der Waals surface area contributed by atoms with Gasteiger partial charge in [-0.1, -0.05) is 6.58 Å². The lowest BCUT2D eigenvalue weighted by molar-refractivity contribution is -0.139. The smallest absolute Gasteiger partial charge is 0.351 e.